The fraction of sp³-hybridized carbons (Fsp3) is 0.158. The molecule has 0 unspecified atom stereocenters. The van der Waals surface area contributed by atoms with Crippen molar-refractivity contribution in [3.8, 4) is 11.3 Å². The number of hydrogen-bond donors (Lipinski definition) is 1. The van der Waals surface area contributed by atoms with Gasteiger partial charge in [-0.3, -0.25) is 9.97 Å². The highest BCUT2D eigenvalue weighted by Gasteiger charge is 2.16. The Balaban J connectivity index is 1.88. The first-order chi connectivity index (χ1) is 11.7. The molecule has 0 aliphatic carbocycles. The standard InChI is InChI=1S/C19H17F2N3/c1-2-13-8-9-16(20)18(19(13)21)17-7-3-5-15(24-17)12-23-14-6-4-10-22-11-14/h3-11,23H,2,12H2,1H3. The van der Waals surface area contributed by atoms with E-state index in [0.717, 1.165) is 5.69 Å². The second-order valence-corrected chi connectivity index (χ2v) is 5.36. The van der Waals surface area contributed by atoms with Crippen molar-refractivity contribution in [1.29, 1.82) is 0 Å². The SMILES string of the molecule is CCc1ccc(F)c(-c2cccc(CNc3cccnc3)n2)c1F. The van der Waals surface area contributed by atoms with Crippen molar-refractivity contribution in [2.24, 2.45) is 0 Å². The van der Waals surface area contributed by atoms with E-state index in [-0.39, 0.29) is 5.56 Å². The molecule has 2 aromatic heterocycles. The molecule has 1 N–H and O–H groups in total. The molecule has 122 valence electrons. The van der Waals surface area contributed by atoms with E-state index in [1.807, 2.05) is 25.1 Å². The molecule has 0 saturated carbocycles. The second-order valence-electron chi connectivity index (χ2n) is 5.36. The van der Waals surface area contributed by atoms with Gasteiger partial charge in [-0.1, -0.05) is 19.1 Å². The van der Waals surface area contributed by atoms with Crippen LogP contribution in [0.5, 0.6) is 0 Å². The molecule has 0 bridgehead atoms. The zero-order valence-corrected chi connectivity index (χ0v) is 13.3. The summed E-state index contributed by atoms with van der Waals surface area (Å²) in [6, 6.07) is 11.7. The van der Waals surface area contributed by atoms with Gasteiger partial charge >= 0.3 is 0 Å². The maximum Gasteiger partial charge on any atom is 0.138 e. The van der Waals surface area contributed by atoms with Gasteiger partial charge in [0.15, 0.2) is 0 Å². The van der Waals surface area contributed by atoms with Crippen LogP contribution in [0, 0.1) is 11.6 Å². The maximum absolute atomic E-state index is 14.5. The van der Waals surface area contributed by atoms with Crippen LogP contribution in [0.15, 0.2) is 54.9 Å². The normalized spacial score (nSPS) is 10.6. The van der Waals surface area contributed by atoms with E-state index >= 15 is 0 Å². The van der Waals surface area contributed by atoms with Gasteiger partial charge in [0, 0.05) is 12.4 Å². The summed E-state index contributed by atoms with van der Waals surface area (Å²) in [6.45, 7) is 2.28. The summed E-state index contributed by atoms with van der Waals surface area (Å²) in [6.07, 6.45) is 3.89. The van der Waals surface area contributed by atoms with Gasteiger partial charge in [0.2, 0.25) is 0 Å². The van der Waals surface area contributed by atoms with Crippen LogP contribution in [0.2, 0.25) is 0 Å². The van der Waals surface area contributed by atoms with Crippen LogP contribution in [0.3, 0.4) is 0 Å². The van der Waals surface area contributed by atoms with Crippen LogP contribution in [-0.4, -0.2) is 9.97 Å². The van der Waals surface area contributed by atoms with Gasteiger partial charge in [-0.15, -0.1) is 0 Å². The Morgan fingerprint density at radius 2 is 1.92 bits per heavy atom. The molecule has 3 rings (SSSR count). The van der Waals surface area contributed by atoms with E-state index in [1.54, 1.807) is 24.5 Å². The lowest BCUT2D eigenvalue weighted by molar-refractivity contribution is 0.579. The maximum atomic E-state index is 14.5. The number of anilines is 1. The minimum absolute atomic E-state index is 0.0717. The third kappa shape index (κ3) is 3.40. The fourth-order valence-corrected chi connectivity index (χ4v) is 2.48. The monoisotopic (exact) mass is 325 g/mol. The van der Waals surface area contributed by atoms with Crippen LogP contribution in [-0.2, 0) is 13.0 Å². The highest BCUT2D eigenvalue weighted by atomic mass is 19.1. The third-order valence-corrected chi connectivity index (χ3v) is 3.75. The molecule has 1 aromatic carbocycles. The number of nitrogens with one attached hydrogen (secondary N) is 1. The Labute approximate surface area is 139 Å². The quantitative estimate of drug-likeness (QED) is 0.745. The van der Waals surface area contributed by atoms with Gasteiger partial charge in [0.05, 0.1) is 29.2 Å². The van der Waals surface area contributed by atoms with Crippen LogP contribution >= 0.6 is 0 Å². The molecular weight excluding hydrogens is 308 g/mol. The first-order valence-electron chi connectivity index (χ1n) is 7.76. The van der Waals surface area contributed by atoms with Gasteiger partial charge in [0.1, 0.15) is 11.6 Å². The van der Waals surface area contributed by atoms with Crippen molar-refractivity contribution in [2.75, 3.05) is 5.32 Å². The Bertz CT molecular complexity index is 835. The van der Waals surface area contributed by atoms with E-state index in [1.165, 1.54) is 12.1 Å². The number of hydrogen-bond acceptors (Lipinski definition) is 3. The van der Waals surface area contributed by atoms with E-state index in [2.05, 4.69) is 15.3 Å². The fourth-order valence-electron chi connectivity index (χ4n) is 2.48. The van der Waals surface area contributed by atoms with Crippen molar-refractivity contribution < 1.29 is 8.78 Å². The van der Waals surface area contributed by atoms with Crippen LogP contribution in [0.25, 0.3) is 11.3 Å². The first-order valence-corrected chi connectivity index (χ1v) is 7.76. The summed E-state index contributed by atoms with van der Waals surface area (Å²) in [7, 11) is 0. The highest BCUT2D eigenvalue weighted by Crippen LogP contribution is 2.27. The zero-order chi connectivity index (χ0) is 16.9. The molecule has 3 nitrogen and oxygen atoms in total. The molecule has 0 aliphatic heterocycles. The van der Waals surface area contributed by atoms with E-state index in [9.17, 15) is 8.78 Å². The van der Waals surface area contributed by atoms with Crippen molar-refractivity contribution in [3.63, 3.8) is 0 Å². The Kier molecular flexibility index (Phi) is 4.79. The summed E-state index contributed by atoms with van der Waals surface area (Å²) in [5.74, 6) is -1.14. The van der Waals surface area contributed by atoms with Gasteiger partial charge < -0.3 is 5.32 Å². The number of halogens is 2. The third-order valence-electron chi connectivity index (χ3n) is 3.75. The van der Waals surface area contributed by atoms with Crippen LogP contribution in [0.1, 0.15) is 18.2 Å². The minimum atomic E-state index is -0.602. The van der Waals surface area contributed by atoms with E-state index in [4.69, 9.17) is 0 Å². The van der Waals surface area contributed by atoms with Crippen LogP contribution in [0.4, 0.5) is 14.5 Å². The number of pyridine rings is 2. The Morgan fingerprint density at radius 1 is 1.04 bits per heavy atom. The molecule has 0 saturated heterocycles. The topological polar surface area (TPSA) is 37.8 Å². The molecule has 0 atom stereocenters. The number of aromatic nitrogens is 2. The predicted octanol–water partition coefficient (Wildman–Crippen LogP) is 4.60. The summed E-state index contributed by atoms with van der Waals surface area (Å²) in [5, 5.41) is 3.18. The van der Waals surface area contributed by atoms with Gasteiger partial charge in [-0.2, -0.15) is 0 Å². The smallest absolute Gasteiger partial charge is 0.138 e. The average Bonchev–Trinajstić information content (AvgIpc) is 2.61. The van der Waals surface area contributed by atoms with Crippen molar-refractivity contribution >= 4 is 5.69 Å². The lowest BCUT2D eigenvalue weighted by Crippen LogP contribution is -2.04. The average molecular weight is 325 g/mol. The van der Waals surface area contributed by atoms with Crippen molar-refractivity contribution in [3.05, 3.63) is 77.8 Å². The van der Waals surface area contributed by atoms with Crippen LogP contribution < -0.4 is 5.32 Å². The summed E-state index contributed by atoms with van der Waals surface area (Å²) >= 11 is 0. The number of rotatable bonds is 5. The molecule has 2 heterocycles. The zero-order valence-electron chi connectivity index (χ0n) is 13.3. The number of benzene rings is 1. The largest absolute Gasteiger partial charge is 0.378 e. The van der Waals surface area contributed by atoms with E-state index < -0.39 is 11.6 Å². The van der Waals surface area contributed by atoms with Gasteiger partial charge in [-0.25, -0.2) is 8.78 Å². The second kappa shape index (κ2) is 7.17. The number of nitrogens with zero attached hydrogens (tertiary/aromatic N) is 2. The lowest BCUT2D eigenvalue weighted by atomic mass is 10.0. The lowest BCUT2D eigenvalue weighted by Gasteiger charge is -2.10. The molecule has 3 aromatic rings. The summed E-state index contributed by atoms with van der Waals surface area (Å²) in [5.41, 5.74) is 2.25. The Morgan fingerprint density at radius 3 is 2.67 bits per heavy atom. The molecule has 5 heteroatoms. The Hall–Kier alpha value is -2.82. The predicted molar refractivity (Wildman–Crippen MR) is 90.5 cm³/mol. The molecule has 0 aliphatic rings. The summed E-state index contributed by atoms with van der Waals surface area (Å²) < 4.78 is 28.6. The molecule has 0 spiro atoms. The summed E-state index contributed by atoms with van der Waals surface area (Å²) in [4.78, 5) is 8.41. The molecular formula is C19H17F2N3. The molecule has 0 amide bonds. The molecule has 24 heavy (non-hydrogen) atoms. The van der Waals surface area contributed by atoms with Gasteiger partial charge in [-0.05, 0) is 42.3 Å². The molecule has 0 fully saturated rings. The first kappa shape index (κ1) is 16.1. The molecule has 0 radical (unpaired) electrons. The number of aryl methyl sites for hydroxylation is 1. The van der Waals surface area contributed by atoms with Gasteiger partial charge in [0.25, 0.3) is 0 Å². The minimum Gasteiger partial charge on any atom is -0.378 e. The van der Waals surface area contributed by atoms with Crippen molar-refractivity contribution in [1.82, 2.24) is 9.97 Å². The van der Waals surface area contributed by atoms with E-state index in [0.29, 0.717) is 29.9 Å². The van der Waals surface area contributed by atoms with Crippen molar-refractivity contribution in [2.45, 2.75) is 19.9 Å². The highest BCUT2D eigenvalue weighted by molar-refractivity contribution is 5.62.